The molecule has 0 atom stereocenters. The number of ketones is 2. The summed E-state index contributed by atoms with van der Waals surface area (Å²) in [5.74, 6) is -0.637. The molecule has 0 N–H and O–H groups in total. The second-order valence-corrected chi connectivity index (χ2v) is 1.33. The Balaban J connectivity index is 0. The van der Waals surface area contributed by atoms with E-state index in [9.17, 15) is 9.59 Å². The predicted octanol–water partition coefficient (Wildman–Crippen LogP) is 0.174. The van der Waals surface area contributed by atoms with E-state index in [1.165, 1.54) is 6.92 Å². The fourth-order valence-corrected chi connectivity index (χ4v) is 0.249. The summed E-state index contributed by atoms with van der Waals surface area (Å²) in [6.07, 6.45) is 0.329. The molecule has 41 valence electrons. The van der Waals surface area contributed by atoms with E-state index >= 15 is 0 Å². The number of carbonyl (C=O) groups is 2. The van der Waals surface area contributed by atoms with Crippen molar-refractivity contribution < 1.29 is 9.59 Å². The molecule has 0 saturated carbocycles. The molecule has 3 heteroatoms. The van der Waals surface area contributed by atoms with Gasteiger partial charge in [0.05, 0.1) is 0 Å². The summed E-state index contributed by atoms with van der Waals surface area (Å²) < 4.78 is 0. The molecule has 0 fully saturated rings. The largest absolute Gasteiger partial charge is 0.291 e. The van der Waals surface area contributed by atoms with E-state index < -0.39 is 0 Å². The van der Waals surface area contributed by atoms with Crippen LogP contribution in [0.25, 0.3) is 0 Å². The van der Waals surface area contributed by atoms with Gasteiger partial charge < -0.3 is 0 Å². The molecule has 0 aromatic carbocycles. The normalized spacial score (nSPS) is 7.25. The van der Waals surface area contributed by atoms with E-state index in [0.29, 0.717) is 6.42 Å². The second-order valence-electron chi connectivity index (χ2n) is 1.33. The molecule has 2 nitrogen and oxygen atoms in total. The van der Waals surface area contributed by atoms with Crippen LogP contribution in [0.1, 0.15) is 20.3 Å². The zero-order valence-corrected chi connectivity index (χ0v) is 7.52. The molecule has 0 spiro atoms. The fraction of sp³-hybridized carbons (Fsp3) is 0.600. The number of Topliss-reactive ketones (excluding diaryl/α,β-unsaturated/α-hetero) is 2. The van der Waals surface area contributed by atoms with Gasteiger partial charge in [0.2, 0.25) is 0 Å². The molecule has 0 aliphatic carbocycles. The molecule has 1 radical (unpaired) electrons. The minimum absolute atomic E-state index is 0. The zero-order chi connectivity index (χ0) is 5.86. The minimum Gasteiger partial charge on any atom is -0.291 e. The second kappa shape index (κ2) is 5.48. The molecule has 0 amide bonds. The number of hydrogen-bond donors (Lipinski definition) is 0. The van der Waals surface area contributed by atoms with E-state index in [2.05, 4.69) is 0 Å². The first kappa shape index (κ1) is 11.2. The van der Waals surface area contributed by atoms with Gasteiger partial charge in [0.15, 0.2) is 11.6 Å². The molecular formula is C5H8NaO2. The van der Waals surface area contributed by atoms with Crippen LogP contribution in [0.5, 0.6) is 0 Å². The van der Waals surface area contributed by atoms with Gasteiger partial charge in [-0.1, -0.05) is 6.92 Å². The summed E-state index contributed by atoms with van der Waals surface area (Å²) in [4.78, 5) is 20.2. The van der Waals surface area contributed by atoms with Gasteiger partial charge in [-0.05, 0) is 0 Å². The Morgan fingerprint density at radius 1 is 1.38 bits per heavy atom. The first-order valence-corrected chi connectivity index (χ1v) is 2.22. The van der Waals surface area contributed by atoms with Crippen LogP contribution in [0.2, 0.25) is 0 Å². The summed E-state index contributed by atoms with van der Waals surface area (Å²) >= 11 is 0. The van der Waals surface area contributed by atoms with Gasteiger partial charge in [0.1, 0.15) is 0 Å². The molecule has 0 aliphatic heterocycles. The Morgan fingerprint density at radius 3 is 1.75 bits per heavy atom. The van der Waals surface area contributed by atoms with Crippen molar-refractivity contribution in [2.24, 2.45) is 0 Å². The summed E-state index contributed by atoms with van der Waals surface area (Å²) in [5.41, 5.74) is 0. The Labute approximate surface area is 70.9 Å². The molecule has 0 rings (SSSR count). The van der Waals surface area contributed by atoms with Crippen LogP contribution in [-0.4, -0.2) is 41.1 Å². The molecule has 0 saturated heterocycles. The number of hydrogen-bond acceptors (Lipinski definition) is 2. The van der Waals surface area contributed by atoms with Crippen molar-refractivity contribution in [2.75, 3.05) is 0 Å². The average molecular weight is 123 g/mol. The third kappa shape index (κ3) is 4.50. The van der Waals surface area contributed by atoms with Crippen molar-refractivity contribution in [3.05, 3.63) is 0 Å². The molecule has 0 aromatic rings. The summed E-state index contributed by atoms with van der Waals surface area (Å²) in [6.45, 7) is 2.95. The van der Waals surface area contributed by atoms with Crippen LogP contribution in [-0.2, 0) is 9.59 Å². The van der Waals surface area contributed by atoms with Crippen molar-refractivity contribution >= 4 is 41.1 Å². The molecule has 0 heterocycles. The van der Waals surface area contributed by atoms with Crippen LogP contribution >= 0.6 is 0 Å². The Morgan fingerprint density at radius 2 is 1.75 bits per heavy atom. The fourth-order valence-electron chi connectivity index (χ4n) is 0.249. The van der Waals surface area contributed by atoms with Crippen molar-refractivity contribution in [3.8, 4) is 0 Å². The maximum Gasteiger partial charge on any atom is 0.197 e. The predicted molar refractivity (Wildman–Crippen MR) is 31.7 cm³/mol. The third-order valence-corrected chi connectivity index (χ3v) is 0.714. The first-order valence-electron chi connectivity index (χ1n) is 2.22. The Bertz CT molecular complexity index is 98.6. The van der Waals surface area contributed by atoms with Gasteiger partial charge in [-0.2, -0.15) is 0 Å². The van der Waals surface area contributed by atoms with Crippen LogP contribution in [0.4, 0.5) is 0 Å². The van der Waals surface area contributed by atoms with Gasteiger partial charge in [-0.3, -0.25) is 9.59 Å². The van der Waals surface area contributed by atoms with Gasteiger partial charge >= 0.3 is 0 Å². The maximum absolute atomic E-state index is 10.2. The van der Waals surface area contributed by atoms with E-state index in [0.717, 1.165) is 0 Å². The number of carbonyl (C=O) groups excluding carboxylic acids is 2. The standard InChI is InChI=1S/C5H8O2.Na/c1-3-5(7)4(2)6;/h3H2,1-2H3;. The van der Waals surface area contributed by atoms with Crippen molar-refractivity contribution in [1.82, 2.24) is 0 Å². The van der Waals surface area contributed by atoms with E-state index in [1.807, 2.05) is 0 Å². The SMILES string of the molecule is CCC(=O)C(C)=O.[Na]. The third-order valence-electron chi connectivity index (χ3n) is 0.714. The van der Waals surface area contributed by atoms with Gasteiger partial charge in [-0.15, -0.1) is 0 Å². The van der Waals surface area contributed by atoms with E-state index in [4.69, 9.17) is 0 Å². The number of rotatable bonds is 2. The monoisotopic (exact) mass is 123 g/mol. The van der Waals surface area contributed by atoms with Crippen LogP contribution in [0, 0.1) is 0 Å². The Kier molecular flexibility index (Phi) is 7.65. The maximum atomic E-state index is 10.2. The van der Waals surface area contributed by atoms with Gasteiger partial charge in [0.25, 0.3) is 0 Å². The van der Waals surface area contributed by atoms with Crippen LogP contribution in [0.3, 0.4) is 0 Å². The van der Waals surface area contributed by atoms with Crippen molar-refractivity contribution in [2.45, 2.75) is 20.3 Å². The average Bonchev–Trinajstić information content (AvgIpc) is 1.65. The molecule has 0 aliphatic rings. The van der Waals surface area contributed by atoms with Crippen molar-refractivity contribution in [1.29, 1.82) is 0 Å². The smallest absolute Gasteiger partial charge is 0.197 e. The van der Waals surface area contributed by atoms with Crippen molar-refractivity contribution in [3.63, 3.8) is 0 Å². The zero-order valence-electron chi connectivity index (χ0n) is 5.52. The van der Waals surface area contributed by atoms with Gasteiger partial charge in [-0.25, -0.2) is 0 Å². The van der Waals surface area contributed by atoms with E-state index in [1.54, 1.807) is 6.92 Å². The van der Waals surface area contributed by atoms with Gasteiger partial charge in [0, 0.05) is 42.9 Å². The minimum atomic E-state index is -0.345. The molecule has 0 bridgehead atoms. The molecule has 8 heavy (non-hydrogen) atoms. The Hall–Kier alpha value is 0.340. The summed E-state index contributed by atoms with van der Waals surface area (Å²) in [6, 6.07) is 0. The molecule has 0 unspecified atom stereocenters. The summed E-state index contributed by atoms with van der Waals surface area (Å²) in [7, 11) is 0. The van der Waals surface area contributed by atoms with E-state index in [-0.39, 0.29) is 41.1 Å². The molecule has 0 aromatic heterocycles. The quantitative estimate of drug-likeness (QED) is 0.387. The van der Waals surface area contributed by atoms with Crippen LogP contribution in [0.15, 0.2) is 0 Å². The molecular weight excluding hydrogens is 115 g/mol. The first-order chi connectivity index (χ1) is 3.18. The van der Waals surface area contributed by atoms with Crippen LogP contribution < -0.4 is 0 Å². The summed E-state index contributed by atoms with van der Waals surface area (Å²) in [5, 5.41) is 0. The topological polar surface area (TPSA) is 34.1 Å².